The van der Waals surface area contributed by atoms with E-state index < -0.39 is 6.04 Å². The summed E-state index contributed by atoms with van der Waals surface area (Å²) >= 11 is 0. The van der Waals surface area contributed by atoms with E-state index in [0.29, 0.717) is 23.2 Å². The van der Waals surface area contributed by atoms with E-state index in [0.717, 1.165) is 5.75 Å². The number of carbonyl (C=O) groups is 2. The van der Waals surface area contributed by atoms with Gasteiger partial charge in [0.05, 0.1) is 6.42 Å². The average molecular weight is 363 g/mol. The fourth-order valence-electron chi connectivity index (χ4n) is 2.83. The van der Waals surface area contributed by atoms with Crippen molar-refractivity contribution in [3.63, 3.8) is 0 Å². The lowest BCUT2D eigenvalue weighted by atomic mass is 10.2. The first-order chi connectivity index (χ1) is 13.1. The highest BCUT2D eigenvalue weighted by Gasteiger charge is 2.34. The van der Waals surface area contributed by atoms with Crippen LogP contribution >= 0.6 is 0 Å². The molecule has 1 atom stereocenters. The van der Waals surface area contributed by atoms with E-state index in [-0.39, 0.29) is 18.2 Å². The highest BCUT2D eigenvalue weighted by atomic mass is 16.5. The van der Waals surface area contributed by atoms with Crippen LogP contribution < -0.4 is 15.4 Å². The summed E-state index contributed by atoms with van der Waals surface area (Å²) in [7, 11) is 0. The molecule has 0 bridgehead atoms. The van der Waals surface area contributed by atoms with Crippen LogP contribution in [0.1, 0.15) is 18.3 Å². The van der Waals surface area contributed by atoms with Gasteiger partial charge in [-0.3, -0.25) is 14.9 Å². The molecule has 0 saturated heterocycles. The van der Waals surface area contributed by atoms with Crippen LogP contribution in [0.25, 0.3) is 0 Å². The number of anilines is 2. The quantitative estimate of drug-likeness (QED) is 0.726. The van der Waals surface area contributed by atoms with E-state index in [1.165, 1.54) is 4.68 Å². The van der Waals surface area contributed by atoms with Gasteiger partial charge in [0.2, 0.25) is 11.9 Å². The molecule has 1 aliphatic rings. The monoisotopic (exact) mass is 363 g/mol. The topological polar surface area (TPSA) is 98.1 Å². The normalized spacial score (nSPS) is 15.1. The maximum absolute atomic E-state index is 12.3. The fourth-order valence-corrected chi connectivity index (χ4v) is 2.83. The van der Waals surface area contributed by atoms with Crippen LogP contribution in [-0.4, -0.2) is 26.6 Å². The van der Waals surface area contributed by atoms with Crippen molar-refractivity contribution in [1.29, 1.82) is 0 Å². The number of hydrogen-bond acceptors (Lipinski definition) is 5. The Morgan fingerprint density at radius 2 is 1.85 bits per heavy atom. The van der Waals surface area contributed by atoms with Crippen LogP contribution in [0.15, 0.2) is 54.6 Å². The summed E-state index contributed by atoms with van der Waals surface area (Å²) in [5.74, 6) is 1.75. The molecule has 2 amide bonds. The molecule has 4 rings (SSSR count). The second-order valence-electron chi connectivity index (χ2n) is 6.12. The number of ether oxygens (including phenoxy) is 1. The van der Waals surface area contributed by atoms with Gasteiger partial charge >= 0.3 is 0 Å². The smallest absolute Gasteiger partial charge is 0.252 e. The first-order valence-electron chi connectivity index (χ1n) is 8.45. The number of para-hydroxylation sites is 1. The number of aromatic nitrogens is 3. The summed E-state index contributed by atoms with van der Waals surface area (Å²) in [5.41, 5.74) is 0.619. The number of benzene rings is 2. The fraction of sp³-hybridized carbons (Fsp3) is 0.158. The Kier molecular flexibility index (Phi) is 4.29. The molecule has 8 heteroatoms. The summed E-state index contributed by atoms with van der Waals surface area (Å²) in [6.45, 7) is 1.73. The van der Waals surface area contributed by atoms with Gasteiger partial charge in [-0.1, -0.05) is 18.2 Å². The maximum atomic E-state index is 12.3. The first kappa shape index (κ1) is 16.8. The molecule has 0 spiro atoms. The third kappa shape index (κ3) is 3.64. The predicted molar refractivity (Wildman–Crippen MR) is 98.6 cm³/mol. The third-order valence-corrected chi connectivity index (χ3v) is 4.07. The lowest BCUT2D eigenvalue weighted by Gasteiger charge is -2.10. The van der Waals surface area contributed by atoms with E-state index in [1.807, 2.05) is 30.3 Å². The zero-order valence-corrected chi connectivity index (χ0v) is 14.5. The molecule has 8 nitrogen and oxygen atoms in total. The second kappa shape index (κ2) is 6.91. The summed E-state index contributed by atoms with van der Waals surface area (Å²) in [6, 6.07) is 15.8. The number of hydrogen-bond donors (Lipinski definition) is 2. The third-order valence-electron chi connectivity index (χ3n) is 4.07. The predicted octanol–water partition coefficient (Wildman–Crippen LogP) is 2.90. The average Bonchev–Trinajstić information content (AvgIpc) is 3.14. The Hall–Kier alpha value is -3.68. The van der Waals surface area contributed by atoms with Crippen molar-refractivity contribution in [3.05, 3.63) is 60.4 Å². The van der Waals surface area contributed by atoms with Crippen molar-refractivity contribution < 1.29 is 14.3 Å². The Bertz CT molecular complexity index is 982. The van der Waals surface area contributed by atoms with Crippen LogP contribution in [0.5, 0.6) is 11.5 Å². The summed E-state index contributed by atoms with van der Waals surface area (Å²) in [6.07, 6.45) is -0.0239. The highest BCUT2D eigenvalue weighted by Crippen LogP contribution is 2.26. The van der Waals surface area contributed by atoms with E-state index >= 15 is 0 Å². The zero-order chi connectivity index (χ0) is 18.8. The molecule has 1 aliphatic heterocycles. The van der Waals surface area contributed by atoms with E-state index in [4.69, 9.17) is 4.74 Å². The maximum Gasteiger partial charge on any atom is 0.252 e. The van der Waals surface area contributed by atoms with Crippen LogP contribution in [0.4, 0.5) is 11.6 Å². The molecule has 3 aromatic rings. The van der Waals surface area contributed by atoms with E-state index in [2.05, 4.69) is 20.7 Å². The van der Waals surface area contributed by atoms with Gasteiger partial charge in [0.25, 0.3) is 5.91 Å². The van der Waals surface area contributed by atoms with Crippen LogP contribution in [0.2, 0.25) is 0 Å². The molecule has 1 unspecified atom stereocenters. The van der Waals surface area contributed by atoms with Gasteiger partial charge in [0.1, 0.15) is 23.4 Å². The Balaban J connectivity index is 1.38. The molecule has 2 N–H and O–H groups in total. The zero-order valence-electron chi connectivity index (χ0n) is 14.5. The molecule has 27 heavy (non-hydrogen) atoms. The Morgan fingerprint density at radius 3 is 2.59 bits per heavy atom. The number of amides is 2. The number of aryl methyl sites for hydroxylation is 1. The van der Waals surface area contributed by atoms with Gasteiger partial charge in [-0.25, -0.2) is 4.68 Å². The number of carbonyl (C=O) groups excluding carboxylic acids is 2. The molecular formula is C19H17N5O3. The van der Waals surface area contributed by atoms with Crippen LogP contribution in [-0.2, 0) is 9.59 Å². The van der Waals surface area contributed by atoms with Gasteiger partial charge in [-0.2, -0.15) is 10.1 Å². The Labute approximate surface area is 155 Å². The Morgan fingerprint density at radius 1 is 1.15 bits per heavy atom. The van der Waals surface area contributed by atoms with Gasteiger partial charge in [-0.15, -0.1) is 0 Å². The molecule has 0 radical (unpaired) electrons. The lowest BCUT2D eigenvalue weighted by Crippen LogP contribution is -2.23. The first-order valence-corrected chi connectivity index (χ1v) is 8.45. The number of nitrogens with zero attached hydrogens (tertiary/aromatic N) is 3. The summed E-state index contributed by atoms with van der Waals surface area (Å²) in [4.78, 5) is 28.4. The van der Waals surface area contributed by atoms with Gasteiger partial charge in [0.15, 0.2) is 0 Å². The molecule has 2 aromatic carbocycles. The lowest BCUT2D eigenvalue weighted by molar-refractivity contribution is -0.123. The van der Waals surface area contributed by atoms with Crippen molar-refractivity contribution in [3.8, 4) is 11.5 Å². The minimum Gasteiger partial charge on any atom is -0.457 e. The van der Waals surface area contributed by atoms with Crippen LogP contribution in [0, 0.1) is 6.92 Å². The second-order valence-corrected chi connectivity index (χ2v) is 6.12. The minimum absolute atomic E-state index is 0.0239. The number of nitrogens with one attached hydrogen (secondary N) is 2. The molecule has 2 heterocycles. The van der Waals surface area contributed by atoms with Crippen molar-refractivity contribution >= 4 is 23.5 Å². The number of fused-ring (bicyclic) bond motifs is 1. The molecule has 0 fully saturated rings. The van der Waals surface area contributed by atoms with E-state index in [9.17, 15) is 9.59 Å². The molecule has 0 saturated carbocycles. The van der Waals surface area contributed by atoms with Crippen molar-refractivity contribution in [2.24, 2.45) is 0 Å². The summed E-state index contributed by atoms with van der Waals surface area (Å²) < 4.78 is 7.17. The van der Waals surface area contributed by atoms with E-state index in [1.54, 1.807) is 31.2 Å². The van der Waals surface area contributed by atoms with Gasteiger partial charge in [0, 0.05) is 5.69 Å². The van der Waals surface area contributed by atoms with Crippen molar-refractivity contribution in [1.82, 2.24) is 14.8 Å². The largest absolute Gasteiger partial charge is 0.457 e. The van der Waals surface area contributed by atoms with Crippen molar-refractivity contribution in [2.45, 2.75) is 19.4 Å². The summed E-state index contributed by atoms with van der Waals surface area (Å²) in [5, 5.41) is 9.56. The van der Waals surface area contributed by atoms with Gasteiger partial charge in [-0.05, 0) is 43.3 Å². The molecule has 136 valence electrons. The standard InChI is InChI=1S/C19H17N5O3/c1-12-20-19-22-18(26)16(24(19)23-12)11-17(25)21-13-7-9-15(10-8-13)27-14-5-3-2-4-6-14/h2-10,16H,11H2,1H3,(H,21,25)(H,20,22,23,26). The van der Waals surface area contributed by atoms with Gasteiger partial charge < -0.3 is 10.1 Å². The molecule has 1 aromatic heterocycles. The molecular weight excluding hydrogens is 346 g/mol. The van der Waals surface area contributed by atoms with Crippen molar-refractivity contribution in [2.75, 3.05) is 10.6 Å². The van der Waals surface area contributed by atoms with Crippen LogP contribution in [0.3, 0.4) is 0 Å². The minimum atomic E-state index is -0.693. The highest BCUT2D eigenvalue weighted by molar-refractivity contribution is 6.00. The number of rotatable bonds is 5. The molecule has 0 aliphatic carbocycles. The SMILES string of the molecule is Cc1nc2n(n1)C(CC(=O)Nc1ccc(Oc3ccccc3)cc1)C(=O)N2.